The summed E-state index contributed by atoms with van der Waals surface area (Å²) in [4.78, 5) is 14.3. The van der Waals surface area contributed by atoms with E-state index in [9.17, 15) is 4.79 Å². The van der Waals surface area contributed by atoms with E-state index in [1.165, 1.54) is 0 Å². The molecular weight excluding hydrogens is 260 g/mol. The van der Waals surface area contributed by atoms with E-state index >= 15 is 0 Å². The van der Waals surface area contributed by atoms with E-state index in [1.807, 2.05) is 0 Å². The molecule has 0 fully saturated rings. The van der Waals surface area contributed by atoms with Crippen LogP contribution in [0.25, 0.3) is 0 Å². The average molecular weight is 280 g/mol. The molecule has 6 nitrogen and oxygen atoms in total. The fourth-order valence-electron chi connectivity index (χ4n) is 2.08. The predicted octanol–water partition coefficient (Wildman–Crippen LogP) is 0.505. The van der Waals surface area contributed by atoms with Gasteiger partial charge in [0.25, 0.3) is 5.91 Å². The Kier molecular flexibility index (Phi) is 5.20. The van der Waals surface area contributed by atoms with Gasteiger partial charge in [0.1, 0.15) is 13.2 Å². The van der Waals surface area contributed by atoms with Crippen LogP contribution in [0.5, 0.6) is 11.5 Å². The number of methoxy groups -OCH3 is 1. The summed E-state index contributed by atoms with van der Waals surface area (Å²) < 4.78 is 16.1. The second kappa shape index (κ2) is 7.12. The summed E-state index contributed by atoms with van der Waals surface area (Å²) in [5, 5.41) is 0. The second-order valence-electron chi connectivity index (χ2n) is 4.40. The molecule has 0 saturated carbocycles. The first kappa shape index (κ1) is 14.6. The Bertz CT molecular complexity index is 464. The second-order valence-corrected chi connectivity index (χ2v) is 4.40. The number of nitrogens with two attached hydrogens (primary N) is 1. The molecule has 0 aromatic heterocycles. The van der Waals surface area contributed by atoms with E-state index in [0.717, 1.165) is 0 Å². The zero-order valence-electron chi connectivity index (χ0n) is 11.6. The minimum atomic E-state index is -0.116. The molecule has 1 heterocycles. The standard InChI is InChI=1S/C14H20N2O4/c1-18-8-7-16(6-5-15)14(17)11-3-2-4-12-13(11)20-10-9-19-12/h2-4H,5-10,15H2,1H3. The highest BCUT2D eigenvalue weighted by Crippen LogP contribution is 2.34. The maximum absolute atomic E-state index is 12.6. The fourth-order valence-corrected chi connectivity index (χ4v) is 2.08. The highest BCUT2D eigenvalue weighted by Gasteiger charge is 2.23. The van der Waals surface area contributed by atoms with Crippen LogP contribution in [0, 0.1) is 0 Å². The molecule has 6 heteroatoms. The van der Waals surface area contributed by atoms with Crippen molar-refractivity contribution in [1.82, 2.24) is 4.90 Å². The van der Waals surface area contributed by atoms with Crippen LogP contribution in [0.2, 0.25) is 0 Å². The van der Waals surface area contributed by atoms with E-state index in [-0.39, 0.29) is 5.91 Å². The molecule has 1 aromatic carbocycles. The molecule has 0 radical (unpaired) electrons. The summed E-state index contributed by atoms with van der Waals surface area (Å²) in [6, 6.07) is 5.33. The molecule has 0 saturated heterocycles. The third kappa shape index (κ3) is 3.20. The number of fused-ring (bicyclic) bond motifs is 1. The molecule has 1 aliphatic heterocycles. The highest BCUT2D eigenvalue weighted by molar-refractivity contribution is 5.97. The number of nitrogens with zero attached hydrogens (tertiary/aromatic N) is 1. The van der Waals surface area contributed by atoms with Crippen LogP contribution >= 0.6 is 0 Å². The van der Waals surface area contributed by atoms with Crippen LogP contribution in [0.4, 0.5) is 0 Å². The molecule has 2 N–H and O–H groups in total. The van der Waals surface area contributed by atoms with Gasteiger partial charge in [0.15, 0.2) is 11.5 Å². The van der Waals surface area contributed by atoms with Crippen LogP contribution in [0.1, 0.15) is 10.4 Å². The number of ether oxygens (including phenoxy) is 3. The number of benzene rings is 1. The molecule has 0 bridgehead atoms. The van der Waals surface area contributed by atoms with Gasteiger partial charge >= 0.3 is 0 Å². The summed E-state index contributed by atoms with van der Waals surface area (Å²) in [6.45, 7) is 2.80. The van der Waals surface area contributed by atoms with E-state index in [4.69, 9.17) is 19.9 Å². The lowest BCUT2D eigenvalue weighted by molar-refractivity contribution is 0.0692. The van der Waals surface area contributed by atoms with Crippen molar-refractivity contribution in [3.05, 3.63) is 23.8 Å². The first-order valence-corrected chi connectivity index (χ1v) is 6.64. The number of carbonyl (C=O) groups excluding carboxylic acids is 1. The van der Waals surface area contributed by atoms with E-state index in [0.29, 0.717) is 56.5 Å². The van der Waals surface area contributed by atoms with Gasteiger partial charge in [0, 0.05) is 26.7 Å². The number of hydrogen-bond acceptors (Lipinski definition) is 5. The summed E-state index contributed by atoms with van der Waals surface area (Å²) in [5.74, 6) is 1.01. The minimum absolute atomic E-state index is 0.116. The number of rotatable bonds is 6. The van der Waals surface area contributed by atoms with Crippen molar-refractivity contribution < 1.29 is 19.0 Å². The lowest BCUT2D eigenvalue weighted by Gasteiger charge is -2.25. The van der Waals surface area contributed by atoms with Gasteiger partial charge in [-0.05, 0) is 12.1 Å². The SMILES string of the molecule is COCCN(CCN)C(=O)c1cccc2c1OCCO2. The molecule has 0 aliphatic carbocycles. The summed E-state index contributed by atoms with van der Waals surface area (Å²) in [6.07, 6.45) is 0. The fraction of sp³-hybridized carbons (Fsp3) is 0.500. The predicted molar refractivity (Wildman–Crippen MR) is 74.3 cm³/mol. The third-order valence-corrected chi connectivity index (χ3v) is 3.05. The maximum Gasteiger partial charge on any atom is 0.257 e. The van der Waals surface area contributed by atoms with Gasteiger partial charge < -0.3 is 24.8 Å². The Morgan fingerprint density at radius 2 is 2.15 bits per heavy atom. The number of hydrogen-bond donors (Lipinski definition) is 1. The van der Waals surface area contributed by atoms with Crippen LogP contribution in [-0.4, -0.2) is 57.4 Å². The first-order valence-electron chi connectivity index (χ1n) is 6.64. The topological polar surface area (TPSA) is 74.0 Å². The molecule has 2 rings (SSSR count). The highest BCUT2D eigenvalue weighted by atomic mass is 16.6. The lowest BCUT2D eigenvalue weighted by atomic mass is 10.1. The molecular formula is C14H20N2O4. The molecule has 0 spiro atoms. The smallest absolute Gasteiger partial charge is 0.257 e. The van der Waals surface area contributed by atoms with Crippen molar-refractivity contribution in [3.8, 4) is 11.5 Å². The number of amides is 1. The Balaban J connectivity index is 2.22. The van der Waals surface area contributed by atoms with Crippen molar-refractivity contribution in [2.24, 2.45) is 5.73 Å². The molecule has 20 heavy (non-hydrogen) atoms. The molecule has 0 unspecified atom stereocenters. The first-order chi connectivity index (χ1) is 9.77. The van der Waals surface area contributed by atoms with Crippen LogP contribution in [0.3, 0.4) is 0 Å². The Hall–Kier alpha value is -1.79. The monoisotopic (exact) mass is 280 g/mol. The van der Waals surface area contributed by atoms with Crippen molar-refractivity contribution >= 4 is 5.91 Å². The number of carbonyl (C=O) groups is 1. The maximum atomic E-state index is 12.6. The zero-order chi connectivity index (χ0) is 14.4. The van der Waals surface area contributed by atoms with Gasteiger partial charge in [-0.25, -0.2) is 0 Å². The lowest BCUT2D eigenvalue weighted by Crippen LogP contribution is -2.38. The van der Waals surface area contributed by atoms with Gasteiger partial charge in [0.2, 0.25) is 0 Å². The van der Waals surface area contributed by atoms with Gasteiger partial charge in [-0.15, -0.1) is 0 Å². The molecule has 1 aromatic rings. The van der Waals surface area contributed by atoms with E-state index in [1.54, 1.807) is 30.2 Å². The molecule has 1 amide bonds. The normalized spacial score (nSPS) is 13.1. The van der Waals surface area contributed by atoms with Crippen molar-refractivity contribution in [3.63, 3.8) is 0 Å². The van der Waals surface area contributed by atoms with Crippen LogP contribution in [0.15, 0.2) is 18.2 Å². The molecule has 0 atom stereocenters. The third-order valence-electron chi connectivity index (χ3n) is 3.05. The van der Waals surface area contributed by atoms with Gasteiger partial charge in [-0.1, -0.05) is 6.07 Å². The Morgan fingerprint density at radius 1 is 1.35 bits per heavy atom. The van der Waals surface area contributed by atoms with Gasteiger partial charge in [0.05, 0.1) is 12.2 Å². The number of para-hydroxylation sites is 1. The molecule has 110 valence electrons. The van der Waals surface area contributed by atoms with E-state index in [2.05, 4.69) is 0 Å². The van der Waals surface area contributed by atoms with E-state index < -0.39 is 0 Å². The van der Waals surface area contributed by atoms with Crippen LogP contribution in [-0.2, 0) is 4.74 Å². The van der Waals surface area contributed by atoms with Crippen molar-refractivity contribution in [2.45, 2.75) is 0 Å². The van der Waals surface area contributed by atoms with Gasteiger partial charge in [-0.2, -0.15) is 0 Å². The van der Waals surface area contributed by atoms with Gasteiger partial charge in [-0.3, -0.25) is 4.79 Å². The van der Waals surface area contributed by atoms with Crippen LogP contribution < -0.4 is 15.2 Å². The quantitative estimate of drug-likeness (QED) is 0.821. The Labute approximate surface area is 118 Å². The van der Waals surface area contributed by atoms with Crippen molar-refractivity contribution in [2.75, 3.05) is 46.6 Å². The summed E-state index contributed by atoms with van der Waals surface area (Å²) in [5.41, 5.74) is 6.07. The zero-order valence-corrected chi connectivity index (χ0v) is 11.6. The summed E-state index contributed by atoms with van der Waals surface area (Å²) in [7, 11) is 1.60. The minimum Gasteiger partial charge on any atom is -0.486 e. The molecule has 1 aliphatic rings. The Morgan fingerprint density at radius 3 is 2.90 bits per heavy atom. The largest absolute Gasteiger partial charge is 0.486 e. The average Bonchev–Trinajstić information content (AvgIpc) is 2.50. The summed E-state index contributed by atoms with van der Waals surface area (Å²) >= 11 is 0. The van der Waals surface area contributed by atoms with Crippen molar-refractivity contribution in [1.29, 1.82) is 0 Å².